The molecular weight excluding hydrogens is 258 g/mol. The van der Waals surface area contributed by atoms with Gasteiger partial charge in [0.05, 0.1) is 12.2 Å². The third-order valence-corrected chi connectivity index (χ3v) is 3.19. The van der Waals surface area contributed by atoms with Crippen molar-refractivity contribution in [3.8, 4) is 0 Å². The first kappa shape index (κ1) is 14.6. The van der Waals surface area contributed by atoms with Gasteiger partial charge in [0.2, 0.25) is 0 Å². The Hall–Kier alpha value is -1.81. The lowest BCUT2D eigenvalue weighted by molar-refractivity contribution is 0.571. The molecule has 0 aliphatic heterocycles. The van der Waals surface area contributed by atoms with Gasteiger partial charge in [-0.1, -0.05) is 19.1 Å². The summed E-state index contributed by atoms with van der Waals surface area (Å²) < 4.78 is 27.1. The van der Waals surface area contributed by atoms with E-state index < -0.39 is 5.82 Å². The second kappa shape index (κ2) is 6.57. The van der Waals surface area contributed by atoms with Gasteiger partial charge < -0.3 is 5.32 Å². The van der Waals surface area contributed by atoms with Gasteiger partial charge in [-0.2, -0.15) is 0 Å². The van der Waals surface area contributed by atoms with Crippen LogP contribution in [0.25, 0.3) is 0 Å². The minimum atomic E-state index is -0.390. The van der Waals surface area contributed by atoms with Crippen LogP contribution in [0.1, 0.15) is 36.1 Å². The van der Waals surface area contributed by atoms with E-state index >= 15 is 0 Å². The molecule has 0 saturated heterocycles. The molecule has 1 atom stereocenters. The van der Waals surface area contributed by atoms with E-state index in [1.807, 2.05) is 13.0 Å². The van der Waals surface area contributed by atoms with Gasteiger partial charge in [0.15, 0.2) is 0 Å². The molecule has 0 fully saturated rings. The lowest BCUT2D eigenvalue weighted by Crippen LogP contribution is -2.23. The van der Waals surface area contributed by atoms with E-state index in [4.69, 9.17) is 0 Å². The van der Waals surface area contributed by atoms with Gasteiger partial charge in [0.1, 0.15) is 11.6 Å². The molecule has 2 aromatic rings. The molecule has 1 heterocycles. The molecule has 0 spiro atoms. The fraction of sp³-hybridized carbons (Fsp3) is 0.312. The van der Waals surface area contributed by atoms with Crippen molar-refractivity contribution < 1.29 is 8.78 Å². The lowest BCUT2D eigenvalue weighted by Gasteiger charge is -2.19. The van der Waals surface area contributed by atoms with Crippen LogP contribution in [0.5, 0.6) is 0 Å². The highest BCUT2D eigenvalue weighted by molar-refractivity contribution is 5.33. The Morgan fingerprint density at radius 3 is 2.60 bits per heavy atom. The third kappa shape index (κ3) is 3.39. The van der Waals surface area contributed by atoms with Gasteiger partial charge >= 0.3 is 0 Å². The van der Waals surface area contributed by atoms with Crippen molar-refractivity contribution in [2.24, 2.45) is 0 Å². The number of aromatic nitrogens is 1. The summed E-state index contributed by atoms with van der Waals surface area (Å²) >= 11 is 0. The molecule has 1 N–H and O–H groups in total. The van der Waals surface area contributed by atoms with Crippen LogP contribution in [0.4, 0.5) is 8.78 Å². The van der Waals surface area contributed by atoms with E-state index in [-0.39, 0.29) is 11.9 Å². The molecule has 106 valence electrons. The molecular formula is C16H18F2N2. The number of pyridine rings is 1. The summed E-state index contributed by atoms with van der Waals surface area (Å²) in [5.74, 6) is -0.645. The van der Waals surface area contributed by atoms with Crippen molar-refractivity contribution in [3.63, 3.8) is 0 Å². The van der Waals surface area contributed by atoms with E-state index in [1.54, 1.807) is 19.2 Å². The van der Waals surface area contributed by atoms with Crippen molar-refractivity contribution in [2.45, 2.75) is 26.3 Å². The molecule has 2 rings (SSSR count). The zero-order chi connectivity index (χ0) is 14.5. The van der Waals surface area contributed by atoms with Crippen LogP contribution in [0.15, 0.2) is 36.7 Å². The van der Waals surface area contributed by atoms with Crippen LogP contribution >= 0.6 is 0 Å². The zero-order valence-corrected chi connectivity index (χ0v) is 11.7. The maximum atomic E-state index is 13.7. The third-order valence-electron chi connectivity index (χ3n) is 3.19. The van der Waals surface area contributed by atoms with Crippen LogP contribution < -0.4 is 5.32 Å². The van der Waals surface area contributed by atoms with Gasteiger partial charge in [-0.25, -0.2) is 8.78 Å². The highest BCUT2D eigenvalue weighted by Crippen LogP contribution is 2.23. The fourth-order valence-corrected chi connectivity index (χ4v) is 2.09. The van der Waals surface area contributed by atoms with Crippen LogP contribution in [0.3, 0.4) is 0 Å². The average Bonchev–Trinajstić information content (AvgIpc) is 2.43. The quantitative estimate of drug-likeness (QED) is 0.899. The molecule has 4 heteroatoms. The zero-order valence-electron chi connectivity index (χ0n) is 11.7. The first-order chi connectivity index (χ1) is 9.61. The Balaban J connectivity index is 2.38. The monoisotopic (exact) mass is 276 g/mol. The molecule has 0 bridgehead atoms. The largest absolute Gasteiger partial charge is 0.306 e. The Morgan fingerprint density at radius 1 is 1.15 bits per heavy atom. The highest BCUT2D eigenvalue weighted by atomic mass is 19.1. The second-order valence-electron chi connectivity index (χ2n) is 4.83. The number of rotatable bonds is 5. The summed E-state index contributed by atoms with van der Waals surface area (Å²) in [7, 11) is 0. The predicted molar refractivity (Wildman–Crippen MR) is 75.5 cm³/mol. The van der Waals surface area contributed by atoms with E-state index in [0.29, 0.717) is 11.1 Å². The van der Waals surface area contributed by atoms with Crippen molar-refractivity contribution in [3.05, 3.63) is 65.0 Å². The molecule has 1 aromatic carbocycles. The molecule has 1 unspecified atom stereocenters. The molecule has 0 aliphatic rings. The molecule has 0 radical (unpaired) electrons. The summed E-state index contributed by atoms with van der Waals surface area (Å²) in [5, 5.41) is 3.30. The maximum absolute atomic E-state index is 13.7. The van der Waals surface area contributed by atoms with E-state index in [0.717, 1.165) is 24.7 Å². The molecule has 0 amide bonds. The van der Waals surface area contributed by atoms with E-state index in [2.05, 4.69) is 10.3 Å². The van der Waals surface area contributed by atoms with Gasteiger partial charge in [0.25, 0.3) is 0 Å². The van der Waals surface area contributed by atoms with Gasteiger partial charge in [-0.15, -0.1) is 0 Å². The minimum absolute atomic E-state index is 0.254. The minimum Gasteiger partial charge on any atom is -0.306 e. The number of nitrogens with one attached hydrogen (secondary N) is 1. The number of aryl methyl sites for hydroxylation is 1. The lowest BCUT2D eigenvalue weighted by atomic mass is 9.98. The van der Waals surface area contributed by atoms with Crippen LogP contribution in [-0.4, -0.2) is 11.5 Å². The Labute approximate surface area is 117 Å². The number of halogens is 2. The van der Waals surface area contributed by atoms with Gasteiger partial charge in [0, 0.05) is 6.20 Å². The van der Waals surface area contributed by atoms with E-state index in [1.165, 1.54) is 12.1 Å². The second-order valence-corrected chi connectivity index (χ2v) is 4.83. The van der Waals surface area contributed by atoms with Crippen molar-refractivity contribution in [1.29, 1.82) is 0 Å². The summed E-state index contributed by atoms with van der Waals surface area (Å²) in [6.45, 7) is 4.53. The van der Waals surface area contributed by atoms with Gasteiger partial charge in [-0.05, 0) is 48.7 Å². The van der Waals surface area contributed by atoms with Crippen molar-refractivity contribution >= 4 is 0 Å². The molecule has 0 aliphatic carbocycles. The topological polar surface area (TPSA) is 24.9 Å². The first-order valence-electron chi connectivity index (χ1n) is 6.71. The Bertz CT molecular complexity index is 584. The smallest absolute Gasteiger partial charge is 0.141 e. The van der Waals surface area contributed by atoms with Crippen molar-refractivity contribution in [2.75, 3.05) is 6.54 Å². The average molecular weight is 276 g/mol. The number of hydrogen-bond acceptors (Lipinski definition) is 2. The number of nitrogens with zero attached hydrogens (tertiary/aromatic N) is 1. The summed E-state index contributed by atoms with van der Waals surface area (Å²) in [6.07, 6.45) is 3.71. The number of benzene rings is 1. The van der Waals surface area contributed by atoms with Crippen LogP contribution in [-0.2, 0) is 0 Å². The van der Waals surface area contributed by atoms with Crippen LogP contribution in [0, 0.1) is 18.6 Å². The van der Waals surface area contributed by atoms with Crippen LogP contribution in [0.2, 0.25) is 0 Å². The Kier molecular flexibility index (Phi) is 4.79. The fourth-order valence-electron chi connectivity index (χ4n) is 2.09. The molecule has 20 heavy (non-hydrogen) atoms. The summed E-state index contributed by atoms with van der Waals surface area (Å²) in [5.41, 5.74) is 2.07. The first-order valence-corrected chi connectivity index (χ1v) is 6.71. The standard InChI is InChI=1S/C16H18F2N2/c1-3-6-20-16(13-7-14(17)10-19-9-13)12-5-4-11(2)15(18)8-12/h4-5,7-10,16,20H,3,6H2,1-2H3. The van der Waals surface area contributed by atoms with E-state index in [9.17, 15) is 8.78 Å². The van der Waals surface area contributed by atoms with Crippen molar-refractivity contribution in [1.82, 2.24) is 10.3 Å². The highest BCUT2D eigenvalue weighted by Gasteiger charge is 2.15. The molecule has 2 nitrogen and oxygen atoms in total. The normalized spacial score (nSPS) is 12.4. The predicted octanol–water partition coefficient (Wildman–Crippen LogP) is 3.76. The summed E-state index contributed by atoms with van der Waals surface area (Å²) in [6, 6.07) is 6.26. The number of hydrogen-bond donors (Lipinski definition) is 1. The Morgan fingerprint density at radius 2 is 1.95 bits per heavy atom. The maximum Gasteiger partial charge on any atom is 0.141 e. The summed E-state index contributed by atoms with van der Waals surface area (Å²) in [4.78, 5) is 3.87. The van der Waals surface area contributed by atoms with Gasteiger partial charge in [-0.3, -0.25) is 4.98 Å². The molecule has 0 saturated carbocycles. The SMILES string of the molecule is CCCNC(c1cncc(F)c1)c1ccc(C)c(F)c1. The molecule has 1 aromatic heterocycles.